The molecule has 0 spiro atoms. The molecule has 0 aliphatic carbocycles. The number of piperazine rings is 1. The van der Waals surface area contributed by atoms with Crippen LogP contribution < -0.4 is 10.1 Å². The average Bonchev–Trinajstić information content (AvgIpc) is 3.37. The number of hydrogen-bond donors (Lipinski definition) is 3. The highest BCUT2D eigenvalue weighted by atomic mass is 32.2. The van der Waals surface area contributed by atoms with Gasteiger partial charge in [0.2, 0.25) is 5.88 Å². The van der Waals surface area contributed by atoms with Crippen molar-refractivity contribution >= 4 is 33.7 Å². The number of hydrogen-bond acceptors (Lipinski definition) is 10. The van der Waals surface area contributed by atoms with Crippen LogP contribution in [0, 0.1) is 6.92 Å². The Hall–Kier alpha value is -3.52. The summed E-state index contributed by atoms with van der Waals surface area (Å²) in [5, 5.41) is 3.37. The molecule has 37 heavy (non-hydrogen) atoms. The molecule has 1 fully saturated rings. The van der Waals surface area contributed by atoms with Crippen LogP contribution in [0.15, 0.2) is 36.9 Å². The molecule has 13 heteroatoms. The van der Waals surface area contributed by atoms with Crippen molar-refractivity contribution in [3.05, 3.63) is 48.3 Å². The van der Waals surface area contributed by atoms with Gasteiger partial charge >= 0.3 is 0 Å². The first-order chi connectivity index (χ1) is 17.9. The molecular formula is C24H29N9O3S. The predicted molar refractivity (Wildman–Crippen MR) is 141 cm³/mol. The van der Waals surface area contributed by atoms with E-state index in [1.54, 1.807) is 25.7 Å². The van der Waals surface area contributed by atoms with Gasteiger partial charge in [0.1, 0.15) is 28.7 Å². The largest absolute Gasteiger partial charge is 0.481 e. The first kappa shape index (κ1) is 25.1. The third-order valence-corrected chi connectivity index (χ3v) is 7.09. The molecule has 2 atom stereocenters. The van der Waals surface area contributed by atoms with Gasteiger partial charge in [-0.1, -0.05) is 0 Å². The zero-order valence-electron chi connectivity index (χ0n) is 20.9. The number of ether oxygens (including phenoxy) is 1. The highest BCUT2D eigenvalue weighted by Crippen LogP contribution is 2.34. The zero-order valence-corrected chi connectivity index (χ0v) is 21.7. The minimum atomic E-state index is -1.82. The Balaban J connectivity index is 1.49. The Morgan fingerprint density at radius 1 is 1.16 bits per heavy atom. The van der Waals surface area contributed by atoms with Gasteiger partial charge in [-0.15, -0.1) is 0 Å². The molecule has 0 saturated carbocycles. The maximum absolute atomic E-state index is 11.2. The van der Waals surface area contributed by atoms with Gasteiger partial charge in [0, 0.05) is 50.0 Å². The number of fused-ring (bicyclic) bond motifs is 1. The Morgan fingerprint density at radius 3 is 2.68 bits per heavy atom. The molecule has 0 amide bonds. The van der Waals surface area contributed by atoms with Crippen LogP contribution in [0.3, 0.4) is 0 Å². The summed E-state index contributed by atoms with van der Waals surface area (Å²) in [6.45, 7) is 7.06. The van der Waals surface area contributed by atoms with E-state index in [2.05, 4.69) is 43.1 Å². The number of nitrogens with one attached hydrogen (secondary N) is 2. The SMILES string of the molecule is COc1ccc(Nc2ncc(C(C)N3CCN(CS(=O)O)CC3)cc2-c2nc(C)nc3nc[nH]c23)cn1. The molecule has 3 N–H and O–H groups in total. The Labute approximate surface area is 216 Å². The number of methoxy groups -OCH3 is 1. The quantitative estimate of drug-likeness (QED) is 0.293. The van der Waals surface area contributed by atoms with E-state index in [4.69, 9.17) is 14.7 Å². The van der Waals surface area contributed by atoms with Crippen LogP contribution in [-0.4, -0.2) is 87.6 Å². The fourth-order valence-corrected chi connectivity index (χ4v) is 5.06. The number of pyridine rings is 2. The third kappa shape index (κ3) is 5.59. The number of anilines is 2. The summed E-state index contributed by atoms with van der Waals surface area (Å²) >= 11 is -1.82. The topological polar surface area (TPSA) is 145 Å². The second kappa shape index (κ2) is 10.8. The maximum Gasteiger partial charge on any atom is 0.213 e. The van der Waals surface area contributed by atoms with E-state index < -0.39 is 11.1 Å². The van der Waals surface area contributed by atoms with E-state index in [-0.39, 0.29) is 11.9 Å². The molecule has 2 unspecified atom stereocenters. The number of rotatable bonds is 8. The molecule has 0 aromatic carbocycles. The van der Waals surface area contributed by atoms with E-state index in [1.807, 2.05) is 24.1 Å². The maximum atomic E-state index is 11.2. The molecule has 4 aromatic rings. The summed E-state index contributed by atoms with van der Waals surface area (Å²) in [5.74, 6) is 1.95. The minimum absolute atomic E-state index is 0.0879. The van der Waals surface area contributed by atoms with Crippen molar-refractivity contribution < 1.29 is 13.5 Å². The highest BCUT2D eigenvalue weighted by Gasteiger charge is 2.25. The fraction of sp³-hybridized carbons (Fsp3) is 0.375. The standard InChI is InChI=1S/C24H29N9O3S/c1-15(33-8-6-32(7-9-33)14-37(34)35)17-10-19(21-22-24(28-13-27-22)30-16(2)29-21)23(26-11-17)31-18-4-5-20(36-3)25-12-18/h4-5,10-13,15H,6-9,14H2,1-3H3,(H,26,31)(H,34,35)(H,27,28,29,30). The summed E-state index contributed by atoms with van der Waals surface area (Å²) in [7, 11) is 1.58. The molecule has 4 aromatic heterocycles. The summed E-state index contributed by atoms with van der Waals surface area (Å²) in [4.78, 5) is 30.2. The summed E-state index contributed by atoms with van der Waals surface area (Å²) < 4.78 is 25.6. The van der Waals surface area contributed by atoms with Crippen LogP contribution in [0.4, 0.5) is 11.5 Å². The highest BCUT2D eigenvalue weighted by molar-refractivity contribution is 7.79. The van der Waals surface area contributed by atoms with E-state index >= 15 is 0 Å². The lowest BCUT2D eigenvalue weighted by Gasteiger charge is -2.37. The van der Waals surface area contributed by atoms with Crippen LogP contribution in [0.5, 0.6) is 5.88 Å². The molecule has 12 nitrogen and oxygen atoms in total. The van der Waals surface area contributed by atoms with Crippen molar-refractivity contribution in [2.45, 2.75) is 19.9 Å². The summed E-state index contributed by atoms with van der Waals surface area (Å²) in [6, 6.07) is 5.86. The number of imidazole rings is 1. The normalized spacial score (nSPS) is 16.5. The molecule has 0 bridgehead atoms. The van der Waals surface area contributed by atoms with Crippen LogP contribution in [-0.2, 0) is 11.1 Å². The molecule has 1 aliphatic heterocycles. The first-order valence-corrected chi connectivity index (χ1v) is 13.2. The second-order valence-corrected chi connectivity index (χ2v) is 9.78. The number of nitrogens with zero attached hydrogens (tertiary/aromatic N) is 7. The Kier molecular flexibility index (Phi) is 7.37. The van der Waals surface area contributed by atoms with Crippen molar-refractivity contribution in [2.24, 2.45) is 0 Å². The van der Waals surface area contributed by atoms with Gasteiger partial charge in [0.15, 0.2) is 16.7 Å². The number of H-pyrrole nitrogens is 1. The second-order valence-electron chi connectivity index (χ2n) is 8.88. The molecule has 194 valence electrons. The molecule has 1 saturated heterocycles. The van der Waals surface area contributed by atoms with E-state index in [1.165, 1.54) is 0 Å². The van der Waals surface area contributed by atoms with Crippen LogP contribution in [0.25, 0.3) is 22.4 Å². The van der Waals surface area contributed by atoms with Crippen LogP contribution in [0.1, 0.15) is 24.4 Å². The average molecular weight is 524 g/mol. The minimum Gasteiger partial charge on any atom is -0.481 e. The third-order valence-electron chi connectivity index (χ3n) is 6.50. The summed E-state index contributed by atoms with van der Waals surface area (Å²) in [6.07, 6.45) is 5.18. The van der Waals surface area contributed by atoms with Crippen LogP contribution in [0.2, 0.25) is 0 Å². The van der Waals surface area contributed by atoms with Gasteiger partial charge < -0.3 is 19.6 Å². The molecule has 5 rings (SSSR count). The van der Waals surface area contributed by atoms with Crippen molar-refractivity contribution in [1.82, 2.24) is 39.7 Å². The lowest BCUT2D eigenvalue weighted by atomic mass is 10.0. The molecular weight excluding hydrogens is 494 g/mol. The molecule has 0 radical (unpaired) electrons. The summed E-state index contributed by atoms with van der Waals surface area (Å²) in [5.41, 5.74) is 4.65. The number of aryl methyl sites for hydroxylation is 1. The number of aromatic amines is 1. The smallest absolute Gasteiger partial charge is 0.213 e. The Bertz CT molecular complexity index is 1400. The van der Waals surface area contributed by atoms with Gasteiger partial charge in [-0.05, 0) is 31.5 Å². The van der Waals surface area contributed by atoms with E-state index in [0.717, 1.165) is 48.5 Å². The predicted octanol–water partition coefficient (Wildman–Crippen LogP) is 2.73. The van der Waals surface area contributed by atoms with E-state index in [9.17, 15) is 8.76 Å². The van der Waals surface area contributed by atoms with Crippen LogP contribution >= 0.6 is 0 Å². The monoisotopic (exact) mass is 523 g/mol. The molecule has 5 heterocycles. The van der Waals surface area contributed by atoms with Crippen molar-refractivity contribution in [3.8, 4) is 17.1 Å². The van der Waals surface area contributed by atoms with Gasteiger partial charge in [-0.2, -0.15) is 0 Å². The molecule has 1 aliphatic rings. The van der Waals surface area contributed by atoms with Crippen molar-refractivity contribution in [2.75, 3.05) is 44.5 Å². The zero-order chi connectivity index (χ0) is 25.9. The van der Waals surface area contributed by atoms with Crippen molar-refractivity contribution in [1.29, 1.82) is 0 Å². The Morgan fingerprint density at radius 2 is 1.97 bits per heavy atom. The lowest BCUT2D eigenvalue weighted by Crippen LogP contribution is -2.47. The van der Waals surface area contributed by atoms with E-state index in [0.29, 0.717) is 28.9 Å². The van der Waals surface area contributed by atoms with Crippen molar-refractivity contribution in [3.63, 3.8) is 0 Å². The first-order valence-electron chi connectivity index (χ1n) is 11.9. The van der Waals surface area contributed by atoms with Gasteiger partial charge in [0.25, 0.3) is 0 Å². The van der Waals surface area contributed by atoms with Gasteiger partial charge in [0.05, 0.1) is 25.3 Å². The fourth-order valence-electron chi connectivity index (χ4n) is 4.48. The lowest BCUT2D eigenvalue weighted by molar-refractivity contribution is 0.113. The van der Waals surface area contributed by atoms with Gasteiger partial charge in [-0.25, -0.2) is 29.1 Å². The van der Waals surface area contributed by atoms with Gasteiger partial charge in [-0.3, -0.25) is 9.80 Å². The number of aromatic nitrogens is 6.